The van der Waals surface area contributed by atoms with Gasteiger partial charge in [-0.1, -0.05) is 0 Å². The number of carbonyl (C=O) groups excluding carboxylic acids is 1. The van der Waals surface area contributed by atoms with Gasteiger partial charge in [0.15, 0.2) is 6.61 Å². The van der Waals surface area contributed by atoms with Crippen LogP contribution in [0.2, 0.25) is 0 Å². The van der Waals surface area contributed by atoms with Crippen LogP contribution >= 0.6 is 15.9 Å². The second-order valence-electron chi connectivity index (χ2n) is 3.21. The van der Waals surface area contributed by atoms with E-state index >= 15 is 0 Å². The van der Waals surface area contributed by atoms with E-state index in [2.05, 4.69) is 21.2 Å². The molecule has 0 heterocycles. The van der Waals surface area contributed by atoms with E-state index in [0.717, 1.165) is 0 Å². The molecule has 0 aromatic heterocycles. The van der Waals surface area contributed by atoms with E-state index in [4.69, 9.17) is 9.47 Å². The van der Waals surface area contributed by atoms with E-state index < -0.39 is 5.82 Å². The Morgan fingerprint density at radius 3 is 2.94 bits per heavy atom. The van der Waals surface area contributed by atoms with Gasteiger partial charge in [0.25, 0.3) is 5.91 Å². The Kier molecular flexibility index (Phi) is 5.93. The van der Waals surface area contributed by atoms with Gasteiger partial charge < -0.3 is 14.8 Å². The lowest BCUT2D eigenvalue weighted by Crippen LogP contribution is -2.31. The summed E-state index contributed by atoms with van der Waals surface area (Å²) < 4.78 is 23.4. The molecule has 1 amide bonds. The van der Waals surface area contributed by atoms with Crippen molar-refractivity contribution in [2.45, 2.75) is 0 Å². The molecule has 0 bridgehead atoms. The molecule has 0 saturated heterocycles. The average molecular weight is 306 g/mol. The Morgan fingerprint density at radius 2 is 2.29 bits per heavy atom. The van der Waals surface area contributed by atoms with Gasteiger partial charge in [0, 0.05) is 19.7 Å². The van der Waals surface area contributed by atoms with Crippen LogP contribution in [0.4, 0.5) is 4.39 Å². The Morgan fingerprint density at radius 1 is 1.53 bits per heavy atom. The number of methoxy groups -OCH3 is 1. The summed E-state index contributed by atoms with van der Waals surface area (Å²) in [6.07, 6.45) is 0. The molecule has 0 fully saturated rings. The minimum atomic E-state index is -0.428. The monoisotopic (exact) mass is 305 g/mol. The molecule has 4 nitrogen and oxygen atoms in total. The number of carbonyl (C=O) groups is 1. The molecule has 17 heavy (non-hydrogen) atoms. The molecular weight excluding hydrogens is 293 g/mol. The van der Waals surface area contributed by atoms with Crippen molar-refractivity contribution >= 4 is 21.8 Å². The summed E-state index contributed by atoms with van der Waals surface area (Å²) in [4.78, 5) is 11.2. The highest BCUT2D eigenvalue weighted by Gasteiger charge is 2.04. The molecule has 94 valence electrons. The van der Waals surface area contributed by atoms with Gasteiger partial charge in [-0.15, -0.1) is 0 Å². The Labute approximate surface area is 107 Å². The molecule has 0 aliphatic heterocycles. The lowest BCUT2D eigenvalue weighted by molar-refractivity contribution is -0.123. The van der Waals surface area contributed by atoms with Gasteiger partial charge in [-0.05, 0) is 28.1 Å². The van der Waals surface area contributed by atoms with Crippen molar-refractivity contribution in [1.82, 2.24) is 5.32 Å². The molecule has 0 spiro atoms. The number of nitrogens with one attached hydrogen (secondary N) is 1. The van der Waals surface area contributed by atoms with Gasteiger partial charge >= 0.3 is 0 Å². The van der Waals surface area contributed by atoms with Crippen molar-refractivity contribution in [1.29, 1.82) is 0 Å². The molecule has 0 atom stereocenters. The number of hydrogen-bond donors (Lipinski definition) is 1. The van der Waals surface area contributed by atoms with Crippen LogP contribution in [0.15, 0.2) is 22.7 Å². The Hall–Kier alpha value is -1.14. The van der Waals surface area contributed by atoms with Gasteiger partial charge in [-0.25, -0.2) is 4.39 Å². The SMILES string of the molecule is COCCNC(=O)COc1ccc(Br)c(F)c1. The number of ether oxygens (including phenoxy) is 2. The highest BCUT2D eigenvalue weighted by atomic mass is 79.9. The van der Waals surface area contributed by atoms with E-state index in [1.807, 2.05) is 0 Å². The van der Waals surface area contributed by atoms with Gasteiger partial charge in [-0.2, -0.15) is 0 Å². The lowest BCUT2D eigenvalue weighted by atomic mass is 10.3. The van der Waals surface area contributed by atoms with Crippen molar-refractivity contribution in [3.05, 3.63) is 28.5 Å². The predicted molar refractivity (Wildman–Crippen MR) is 64.5 cm³/mol. The fraction of sp³-hybridized carbons (Fsp3) is 0.364. The number of hydrogen-bond acceptors (Lipinski definition) is 3. The fourth-order valence-corrected chi connectivity index (χ4v) is 1.31. The van der Waals surface area contributed by atoms with Crippen LogP contribution in [0.3, 0.4) is 0 Å². The van der Waals surface area contributed by atoms with E-state index in [-0.39, 0.29) is 12.5 Å². The first-order valence-corrected chi connectivity index (χ1v) is 5.76. The van der Waals surface area contributed by atoms with Crippen LogP contribution in [-0.2, 0) is 9.53 Å². The predicted octanol–water partition coefficient (Wildman–Crippen LogP) is 1.73. The molecule has 1 aromatic rings. The highest BCUT2D eigenvalue weighted by molar-refractivity contribution is 9.10. The maximum Gasteiger partial charge on any atom is 0.258 e. The maximum absolute atomic E-state index is 13.1. The molecule has 0 aliphatic carbocycles. The molecule has 1 N–H and O–H groups in total. The third-order valence-corrected chi connectivity index (χ3v) is 2.53. The van der Waals surface area contributed by atoms with Crippen molar-refractivity contribution in [3.8, 4) is 5.75 Å². The quantitative estimate of drug-likeness (QED) is 0.814. The zero-order valence-corrected chi connectivity index (χ0v) is 10.9. The first-order valence-electron chi connectivity index (χ1n) is 4.97. The highest BCUT2D eigenvalue weighted by Crippen LogP contribution is 2.20. The molecule has 0 radical (unpaired) electrons. The molecular formula is C11H13BrFNO3. The second kappa shape index (κ2) is 7.24. The van der Waals surface area contributed by atoms with E-state index in [1.54, 1.807) is 13.2 Å². The molecule has 1 rings (SSSR count). The number of amides is 1. The van der Waals surface area contributed by atoms with Gasteiger partial charge in [0.05, 0.1) is 11.1 Å². The van der Waals surface area contributed by atoms with Crippen molar-refractivity contribution in [2.24, 2.45) is 0 Å². The molecule has 0 unspecified atom stereocenters. The average Bonchev–Trinajstić information content (AvgIpc) is 2.31. The molecule has 0 aliphatic rings. The normalized spacial score (nSPS) is 10.1. The summed E-state index contributed by atoms with van der Waals surface area (Å²) in [6, 6.07) is 4.32. The number of rotatable bonds is 6. The fourth-order valence-electron chi connectivity index (χ4n) is 1.06. The zero-order chi connectivity index (χ0) is 12.7. The summed E-state index contributed by atoms with van der Waals surface area (Å²) in [6.45, 7) is 0.719. The van der Waals surface area contributed by atoms with Crippen molar-refractivity contribution < 1.29 is 18.7 Å². The first kappa shape index (κ1) is 13.9. The summed E-state index contributed by atoms with van der Waals surface area (Å²) in [7, 11) is 1.55. The van der Waals surface area contributed by atoms with Crippen LogP contribution in [0.1, 0.15) is 0 Å². The van der Waals surface area contributed by atoms with Crippen LogP contribution in [0.25, 0.3) is 0 Å². The standard InChI is InChI=1S/C11H13BrFNO3/c1-16-5-4-14-11(15)7-17-8-2-3-9(12)10(13)6-8/h2-3,6H,4-5,7H2,1H3,(H,14,15). The van der Waals surface area contributed by atoms with Crippen LogP contribution in [0, 0.1) is 5.82 Å². The zero-order valence-electron chi connectivity index (χ0n) is 9.33. The van der Waals surface area contributed by atoms with Crippen LogP contribution in [-0.4, -0.2) is 32.8 Å². The van der Waals surface area contributed by atoms with E-state index in [1.165, 1.54) is 12.1 Å². The summed E-state index contributed by atoms with van der Waals surface area (Å²) >= 11 is 3.03. The molecule has 0 saturated carbocycles. The first-order chi connectivity index (χ1) is 8.13. The molecule has 6 heteroatoms. The number of halogens is 2. The van der Waals surface area contributed by atoms with Crippen LogP contribution < -0.4 is 10.1 Å². The maximum atomic E-state index is 13.1. The summed E-state index contributed by atoms with van der Waals surface area (Å²) in [5.74, 6) is -0.389. The minimum Gasteiger partial charge on any atom is -0.484 e. The van der Waals surface area contributed by atoms with Gasteiger partial charge in [-0.3, -0.25) is 4.79 Å². The largest absolute Gasteiger partial charge is 0.484 e. The lowest BCUT2D eigenvalue weighted by Gasteiger charge is -2.07. The third-order valence-electron chi connectivity index (χ3n) is 1.89. The van der Waals surface area contributed by atoms with Crippen molar-refractivity contribution in [3.63, 3.8) is 0 Å². The Balaban J connectivity index is 2.34. The summed E-state index contributed by atoms with van der Waals surface area (Å²) in [5, 5.41) is 2.59. The Bertz CT molecular complexity index is 387. The second-order valence-corrected chi connectivity index (χ2v) is 4.06. The topological polar surface area (TPSA) is 47.6 Å². The smallest absolute Gasteiger partial charge is 0.258 e. The van der Waals surface area contributed by atoms with Gasteiger partial charge in [0.1, 0.15) is 11.6 Å². The minimum absolute atomic E-state index is 0.148. The van der Waals surface area contributed by atoms with Gasteiger partial charge in [0.2, 0.25) is 0 Å². The number of benzene rings is 1. The van der Waals surface area contributed by atoms with E-state index in [9.17, 15) is 9.18 Å². The summed E-state index contributed by atoms with van der Waals surface area (Å²) in [5.41, 5.74) is 0. The van der Waals surface area contributed by atoms with E-state index in [0.29, 0.717) is 23.4 Å². The third kappa shape index (κ3) is 5.14. The molecule has 1 aromatic carbocycles. The van der Waals surface area contributed by atoms with Crippen molar-refractivity contribution in [2.75, 3.05) is 26.9 Å². The van der Waals surface area contributed by atoms with Crippen LogP contribution in [0.5, 0.6) is 5.75 Å².